The van der Waals surface area contributed by atoms with Gasteiger partial charge in [0.05, 0.1) is 21.8 Å². The van der Waals surface area contributed by atoms with Crippen molar-refractivity contribution in [2.24, 2.45) is 0 Å². The van der Waals surface area contributed by atoms with Crippen LogP contribution in [0.2, 0.25) is 0 Å². The van der Waals surface area contributed by atoms with E-state index < -0.39 is 20.9 Å². The first-order valence-electron chi connectivity index (χ1n) is 9.18. The van der Waals surface area contributed by atoms with E-state index >= 15 is 0 Å². The number of amides is 1. The lowest BCUT2D eigenvalue weighted by Gasteiger charge is -2.15. The van der Waals surface area contributed by atoms with Crippen molar-refractivity contribution >= 4 is 54.5 Å². The van der Waals surface area contributed by atoms with E-state index in [9.17, 15) is 23.3 Å². The Hall–Kier alpha value is -4.10. The highest BCUT2D eigenvalue weighted by molar-refractivity contribution is 7.94. The van der Waals surface area contributed by atoms with Crippen molar-refractivity contribution in [3.8, 4) is 5.88 Å². The van der Waals surface area contributed by atoms with Crippen LogP contribution >= 0.6 is 11.3 Å². The van der Waals surface area contributed by atoms with Crippen LogP contribution in [0.1, 0.15) is 9.67 Å². The molecule has 11 nitrogen and oxygen atoms in total. The minimum atomic E-state index is -4.05. The summed E-state index contributed by atoms with van der Waals surface area (Å²) in [5.41, 5.74) is 0.306. The summed E-state index contributed by atoms with van der Waals surface area (Å²) in [5, 5.41) is 14.2. The Balaban J connectivity index is 1.48. The summed E-state index contributed by atoms with van der Waals surface area (Å²) < 4.78 is 34.4. The number of nitrogens with one attached hydrogen (secondary N) is 1. The third-order valence-corrected chi connectivity index (χ3v) is 6.81. The second-order valence-electron chi connectivity index (χ2n) is 6.55. The Morgan fingerprint density at radius 2 is 1.88 bits per heavy atom. The Morgan fingerprint density at radius 3 is 2.58 bits per heavy atom. The molecule has 33 heavy (non-hydrogen) atoms. The van der Waals surface area contributed by atoms with Gasteiger partial charge < -0.3 is 19.8 Å². The lowest BCUT2D eigenvalue weighted by atomic mass is 10.2. The highest BCUT2D eigenvalue weighted by Gasteiger charge is 2.15. The molecule has 0 unspecified atom stereocenters. The summed E-state index contributed by atoms with van der Waals surface area (Å²) in [5.74, 6) is -0.329. The van der Waals surface area contributed by atoms with Crippen LogP contribution < -0.4 is 10.1 Å². The van der Waals surface area contributed by atoms with Gasteiger partial charge in [-0.05, 0) is 48.3 Å². The fraction of sp³-hybridized carbons (Fsp3) is 0.0500. The van der Waals surface area contributed by atoms with Gasteiger partial charge in [-0.1, -0.05) is 0 Å². The van der Waals surface area contributed by atoms with Crippen LogP contribution in [0, 0.1) is 10.1 Å². The van der Waals surface area contributed by atoms with Crippen LogP contribution in [0.25, 0.3) is 14.8 Å². The fourth-order valence-electron chi connectivity index (χ4n) is 2.83. The molecule has 0 atom stereocenters. The van der Waals surface area contributed by atoms with E-state index in [1.807, 2.05) is 0 Å². The van der Waals surface area contributed by atoms with Crippen LogP contribution in [0.15, 0.2) is 65.8 Å². The van der Waals surface area contributed by atoms with Crippen LogP contribution in [0.5, 0.6) is 5.88 Å². The van der Waals surface area contributed by atoms with Crippen molar-refractivity contribution in [3.05, 3.63) is 80.6 Å². The zero-order chi connectivity index (χ0) is 23.6. The molecule has 0 aliphatic heterocycles. The quantitative estimate of drug-likeness (QED) is 0.301. The maximum Gasteiger partial charge on any atom is 0.270 e. The second kappa shape index (κ2) is 8.80. The van der Waals surface area contributed by atoms with Crippen molar-refractivity contribution in [3.63, 3.8) is 0 Å². The number of thiophene rings is 1. The van der Waals surface area contributed by atoms with Gasteiger partial charge in [0.1, 0.15) is 0 Å². The van der Waals surface area contributed by atoms with Crippen molar-refractivity contribution in [1.82, 2.24) is 9.97 Å². The predicted molar refractivity (Wildman–Crippen MR) is 122 cm³/mol. The number of methoxy groups -OCH3 is 1. The number of nitro groups is 1. The molecule has 2 aromatic carbocycles. The lowest BCUT2D eigenvalue weighted by molar-refractivity contribution is -0.384. The Morgan fingerprint density at radius 1 is 1.12 bits per heavy atom. The van der Waals surface area contributed by atoms with E-state index in [2.05, 4.69) is 20.0 Å². The van der Waals surface area contributed by atoms with Crippen molar-refractivity contribution in [1.29, 1.82) is 0 Å². The van der Waals surface area contributed by atoms with E-state index in [0.717, 1.165) is 11.0 Å². The van der Waals surface area contributed by atoms with E-state index in [1.165, 1.54) is 60.9 Å². The second-order valence-corrected chi connectivity index (χ2v) is 9.24. The summed E-state index contributed by atoms with van der Waals surface area (Å²) >= 11 is 1.19. The molecule has 1 amide bonds. The zero-order valence-electron chi connectivity index (χ0n) is 16.8. The van der Waals surface area contributed by atoms with Gasteiger partial charge in [0.2, 0.25) is 15.9 Å². The number of rotatable bonds is 7. The number of hydrogen-bond donors (Lipinski definition) is 1. The summed E-state index contributed by atoms with van der Waals surface area (Å²) in [4.78, 5) is 30.9. The monoisotopic (exact) mass is 484 g/mol. The molecule has 13 heteroatoms. The molecule has 168 valence electrons. The topological polar surface area (TPSA) is 155 Å². The van der Waals surface area contributed by atoms with Crippen LogP contribution in [-0.4, -0.2) is 36.3 Å². The smallest absolute Gasteiger partial charge is 0.270 e. The van der Waals surface area contributed by atoms with E-state index in [0.29, 0.717) is 16.0 Å². The number of carbonyl (C=O) groups is 1. The molecular weight excluding hydrogens is 470 g/mol. The van der Waals surface area contributed by atoms with Gasteiger partial charge in [-0.15, -0.1) is 11.3 Å². The molecule has 0 fully saturated rings. The molecule has 0 bridgehead atoms. The Kier molecular flexibility index (Phi) is 5.89. The number of carbonyl (C=O) groups excluding carboxylic acids is 1. The first-order chi connectivity index (χ1) is 15.7. The highest BCUT2D eigenvalue weighted by Crippen LogP contribution is 2.30. The number of hydrogen-bond acceptors (Lipinski definition) is 9. The number of aromatic nitrogens is 2. The Bertz CT molecular complexity index is 1470. The third-order valence-electron chi connectivity index (χ3n) is 4.39. The zero-order valence-corrected chi connectivity index (χ0v) is 18.5. The highest BCUT2D eigenvalue weighted by atomic mass is 32.2. The molecule has 0 aliphatic carbocycles. The number of anilines is 1. The van der Waals surface area contributed by atoms with Gasteiger partial charge in [0.25, 0.3) is 11.6 Å². The minimum absolute atomic E-state index is 0.0603. The maximum absolute atomic E-state index is 12.6. The third kappa shape index (κ3) is 4.88. The molecule has 1 N–H and O–H groups in total. The number of nitrogens with zero attached hydrogens (tertiary/aromatic N) is 4. The fourth-order valence-corrected chi connectivity index (χ4v) is 4.70. The van der Waals surface area contributed by atoms with Crippen LogP contribution in [0.4, 0.5) is 17.2 Å². The first-order valence-corrected chi connectivity index (χ1v) is 11.4. The van der Waals surface area contributed by atoms with Gasteiger partial charge in [-0.3, -0.25) is 14.9 Å². The number of benzene rings is 2. The van der Waals surface area contributed by atoms with Gasteiger partial charge >= 0.3 is 0 Å². The molecular formula is C20H14N5O6S2-. The van der Waals surface area contributed by atoms with Gasteiger partial charge in [-0.25, -0.2) is 13.4 Å². The molecule has 2 aromatic heterocycles. The van der Waals surface area contributed by atoms with Crippen molar-refractivity contribution < 1.29 is 22.9 Å². The van der Waals surface area contributed by atoms with E-state index in [-0.39, 0.29) is 22.3 Å². The molecule has 0 radical (unpaired) electrons. The standard InChI is InChI=1S/C20H15N5O6S2/c1-31-19-10-18(21-11-22-19)24-33(29,30)15-5-2-13(3-6-15)23-20(26)17-9-12-8-14(25(27)28)4-7-16(12)32-17/h2-11H,1H3,(H2,21,22,23,24,26)/p-1. The molecule has 2 heterocycles. The van der Waals surface area contributed by atoms with E-state index in [4.69, 9.17) is 4.74 Å². The maximum atomic E-state index is 12.6. The largest absolute Gasteiger partial charge is 0.481 e. The molecule has 4 rings (SSSR count). The van der Waals surface area contributed by atoms with E-state index in [1.54, 1.807) is 12.1 Å². The summed E-state index contributed by atoms with van der Waals surface area (Å²) in [7, 11) is -2.67. The van der Waals surface area contributed by atoms with Crippen molar-refractivity contribution in [2.75, 3.05) is 12.4 Å². The summed E-state index contributed by atoms with van der Waals surface area (Å²) in [6.45, 7) is 0. The Labute approximate surface area is 191 Å². The summed E-state index contributed by atoms with van der Waals surface area (Å²) in [6, 6.07) is 12.7. The number of fused-ring (bicyclic) bond motifs is 1. The van der Waals surface area contributed by atoms with Gasteiger partial charge in [0.15, 0.2) is 0 Å². The number of sulfonamides is 1. The first kappa shape index (κ1) is 22.1. The number of nitro benzene ring substituents is 1. The normalized spacial score (nSPS) is 11.2. The summed E-state index contributed by atoms with van der Waals surface area (Å²) in [6.07, 6.45) is 1.14. The minimum Gasteiger partial charge on any atom is -0.481 e. The molecule has 4 aromatic rings. The van der Waals surface area contributed by atoms with Crippen molar-refractivity contribution in [2.45, 2.75) is 4.90 Å². The van der Waals surface area contributed by atoms with Gasteiger partial charge in [-0.2, -0.15) is 0 Å². The molecule has 0 saturated heterocycles. The molecule has 0 spiro atoms. The van der Waals surface area contributed by atoms with Crippen LogP contribution in [-0.2, 0) is 10.0 Å². The SMILES string of the molecule is COc1cc([N-]S(=O)(=O)c2ccc(NC(=O)c3cc4cc([N+](=O)[O-])ccc4s3)cc2)ncn1. The average Bonchev–Trinajstić information content (AvgIpc) is 3.23. The average molecular weight is 484 g/mol. The lowest BCUT2D eigenvalue weighted by Crippen LogP contribution is -2.10. The molecule has 0 saturated carbocycles. The molecule has 0 aliphatic rings. The number of non-ortho nitro benzene ring substituents is 1. The number of ether oxygens (including phenoxy) is 1. The predicted octanol–water partition coefficient (Wildman–Crippen LogP) is 4.25. The van der Waals surface area contributed by atoms with Gasteiger partial charge in [0, 0.05) is 34.2 Å². The van der Waals surface area contributed by atoms with Crippen LogP contribution in [0.3, 0.4) is 0 Å².